The summed E-state index contributed by atoms with van der Waals surface area (Å²) in [6, 6.07) is 10.1. The van der Waals surface area contributed by atoms with Crippen LogP contribution in [-0.4, -0.2) is 13.2 Å². The molecule has 0 aliphatic carbocycles. The summed E-state index contributed by atoms with van der Waals surface area (Å²) in [4.78, 5) is 0. The van der Waals surface area contributed by atoms with Crippen LogP contribution in [0.25, 0.3) is 0 Å². The summed E-state index contributed by atoms with van der Waals surface area (Å²) in [6.45, 7) is 3.23. The second-order valence-electron chi connectivity index (χ2n) is 4.22. The van der Waals surface area contributed by atoms with E-state index in [1.54, 1.807) is 0 Å². The summed E-state index contributed by atoms with van der Waals surface area (Å²) in [5.41, 5.74) is 0.860. The molecule has 1 atom stereocenters. The molecule has 0 saturated carbocycles. The van der Waals surface area contributed by atoms with Crippen LogP contribution in [0.1, 0.15) is 18.9 Å². The Morgan fingerprint density at radius 3 is 2.62 bits per heavy atom. The van der Waals surface area contributed by atoms with E-state index in [-0.39, 0.29) is 11.3 Å². The molecule has 1 aromatic carbocycles. The topological polar surface area (TPSA) is 33.0 Å². The molecule has 1 unspecified atom stereocenters. The van der Waals surface area contributed by atoms with Gasteiger partial charge in [-0.05, 0) is 18.1 Å². The highest BCUT2D eigenvalue weighted by Crippen LogP contribution is 2.43. The van der Waals surface area contributed by atoms with Crippen molar-refractivity contribution in [3.05, 3.63) is 34.9 Å². The Bertz CT molecular complexity index is 420. The van der Waals surface area contributed by atoms with Gasteiger partial charge >= 0.3 is 0 Å². The van der Waals surface area contributed by atoms with Gasteiger partial charge in [0.1, 0.15) is 0 Å². The van der Waals surface area contributed by atoms with E-state index in [0.717, 1.165) is 17.0 Å². The van der Waals surface area contributed by atoms with Crippen molar-refractivity contribution in [3.63, 3.8) is 0 Å². The lowest BCUT2D eigenvalue weighted by atomic mass is 9.68. The van der Waals surface area contributed by atoms with Crippen molar-refractivity contribution in [2.45, 2.75) is 18.8 Å². The van der Waals surface area contributed by atoms with Gasteiger partial charge in [-0.3, -0.25) is 0 Å². The van der Waals surface area contributed by atoms with E-state index >= 15 is 0 Å². The molecule has 3 heteroatoms. The van der Waals surface area contributed by atoms with Gasteiger partial charge in [0.25, 0.3) is 0 Å². The van der Waals surface area contributed by atoms with Gasteiger partial charge in [0.2, 0.25) is 0 Å². The van der Waals surface area contributed by atoms with Gasteiger partial charge in [0.05, 0.1) is 30.6 Å². The summed E-state index contributed by atoms with van der Waals surface area (Å²) in [5, 5.41) is 9.97. The molecule has 0 amide bonds. The summed E-state index contributed by atoms with van der Waals surface area (Å²) >= 11 is 6.21. The molecule has 1 heterocycles. The monoisotopic (exact) mass is 235 g/mol. The first-order chi connectivity index (χ1) is 7.74. The molecule has 0 N–H and O–H groups in total. The molecule has 2 nitrogen and oxygen atoms in total. The largest absolute Gasteiger partial charge is 0.379 e. The average molecular weight is 236 g/mol. The summed E-state index contributed by atoms with van der Waals surface area (Å²) < 4.78 is 5.32. The van der Waals surface area contributed by atoms with Crippen LogP contribution < -0.4 is 0 Å². The minimum absolute atomic E-state index is 0.0267. The summed E-state index contributed by atoms with van der Waals surface area (Å²) in [5.74, 6) is -0.0267. The zero-order chi connectivity index (χ0) is 11.6. The van der Waals surface area contributed by atoms with E-state index in [4.69, 9.17) is 16.3 Å². The van der Waals surface area contributed by atoms with Crippen molar-refractivity contribution in [2.24, 2.45) is 5.92 Å². The first-order valence-corrected chi connectivity index (χ1v) is 5.85. The lowest BCUT2D eigenvalue weighted by molar-refractivity contribution is -0.0804. The van der Waals surface area contributed by atoms with Crippen LogP contribution in [0, 0.1) is 17.2 Å². The molecule has 2 rings (SSSR count). The average Bonchev–Trinajstić information content (AvgIpc) is 2.25. The molecule has 1 aliphatic rings. The van der Waals surface area contributed by atoms with Crippen molar-refractivity contribution < 1.29 is 4.74 Å². The lowest BCUT2D eigenvalue weighted by Gasteiger charge is -2.45. The number of ether oxygens (including phenoxy) is 1. The number of hydrogen-bond donors (Lipinski definition) is 0. The van der Waals surface area contributed by atoms with Crippen LogP contribution in [0.3, 0.4) is 0 Å². The van der Waals surface area contributed by atoms with Crippen LogP contribution in [0.5, 0.6) is 0 Å². The molecule has 0 radical (unpaired) electrons. The van der Waals surface area contributed by atoms with Crippen molar-refractivity contribution in [1.29, 1.82) is 5.26 Å². The highest BCUT2D eigenvalue weighted by Gasteiger charge is 2.47. The van der Waals surface area contributed by atoms with Gasteiger partial charge in [0, 0.05) is 5.02 Å². The van der Waals surface area contributed by atoms with Crippen LogP contribution in [0.2, 0.25) is 5.02 Å². The molecule has 1 fully saturated rings. The third-order valence-electron chi connectivity index (χ3n) is 3.36. The first kappa shape index (κ1) is 11.4. The number of rotatable bonds is 3. The third kappa shape index (κ3) is 1.61. The van der Waals surface area contributed by atoms with E-state index < -0.39 is 0 Å². The standard InChI is InChI=1S/C13H14ClNO/c1-2-10(7-15)13(8-16-9-13)11-5-3-4-6-12(11)14/h3-6,10H,2,8-9H2,1H3. The van der Waals surface area contributed by atoms with E-state index in [9.17, 15) is 5.26 Å². The molecule has 0 spiro atoms. The SMILES string of the molecule is CCC(C#N)C1(c2ccccc2Cl)COC1. The maximum absolute atomic E-state index is 9.23. The van der Waals surface area contributed by atoms with Crippen LogP contribution in [0.15, 0.2) is 24.3 Å². The Hall–Kier alpha value is -1.04. The normalized spacial score (nSPS) is 19.6. The Balaban J connectivity index is 2.43. The highest BCUT2D eigenvalue weighted by molar-refractivity contribution is 6.31. The van der Waals surface area contributed by atoms with Crippen molar-refractivity contribution in [3.8, 4) is 6.07 Å². The Morgan fingerprint density at radius 2 is 2.19 bits per heavy atom. The van der Waals surface area contributed by atoms with Crippen LogP contribution >= 0.6 is 11.6 Å². The van der Waals surface area contributed by atoms with E-state index in [1.807, 2.05) is 31.2 Å². The fourth-order valence-electron chi connectivity index (χ4n) is 2.34. The summed E-state index contributed by atoms with van der Waals surface area (Å²) in [7, 11) is 0. The number of benzene rings is 1. The van der Waals surface area contributed by atoms with Gasteiger partial charge in [0.15, 0.2) is 0 Å². The fraction of sp³-hybridized carbons (Fsp3) is 0.462. The first-order valence-electron chi connectivity index (χ1n) is 5.47. The molecular weight excluding hydrogens is 222 g/mol. The molecular formula is C13H14ClNO. The molecule has 16 heavy (non-hydrogen) atoms. The lowest BCUT2D eigenvalue weighted by Crippen LogP contribution is -2.52. The quantitative estimate of drug-likeness (QED) is 0.806. The number of hydrogen-bond acceptors (Lipinski definition) is 2. The number of nitriles is 1. The third-order valence-corrected chi connectivity index (χ3v) is 3.69. The Kier molecular flexibility index (Phi) is 3.18. The van der Waals surface area contributed by atoms with Gasteiger partial charge in [-0.2, -0.15) is 5.26 Å². The molecule has 1 aliphatic heterocycles. The maximum atomic E-state index is 9.23. The molecule has 0 bridgehead atoms. The highest BCUT2D eigenvalue weighted by atomic mass is 35.5. The molecule has 84 valence electrons. The zero-order valence-corrected chi connectivity index (χ0v) is 10.00. The second kappa shape index (κ2) is 4.45. The predicted molar refractivity (Wildman–Crippen MR) is 63.3 cm³/mol. The second-order valence-corrected chi connectivity index (χ2v) is 4.63. The fourth-order valence-corrected chi connectivity index (χ4v) is 2.66. The van der Waals surface area contributed by atoms with E-state index in [0.29, 0.717) is 13.2 Å². The van der Waals surface area contributed by atoms with Gasteiger partial charge < -0.3 is 4.74 Å². The molecule has 1 aromatic rings. The maximum Gasteiger partial charge on any atom is 0.0666 e. The van der Waals surface area contributed by atoms with Crippen LogP contribution in [-0.2, 0) is 10.2 Å². The number of halogens is 1. The van der Waals surface area contributed by atoms with Crippen molar-refractivity contribution >= 4 is 11.6 Å². The Morgan fingerprint density at radius 1 is 1.50 bits per heavy atom. The Labute approximate surface area is 101 Å². The zero-order valence-electron chi connectivity index (χ0n) is 9.24. The minimum Gasteiger partial charge on any atom is -0.379 e. The van der Waals surface area contributed by atoms with E-state index in [2.05, 4.69) is 6.07 Å². The summed E-state index contributed by atoms with van der Waals surface area (Å²) in [6.07, 6.45) is 0.824. The van der Waals surface area contributed by atoms with Crippen molar-refractivity contribution in [1.82, 2.24) is 0 Å². The van der Waals surface area contributed by atoms with E-state index in [1.165, 1.54) is 0 Å². The molecule has 0 aromatic heterocycles. The van der Waals surface area contributed by atoms with Gasteiger partial charge in [-0.1, -0.05) is 36.7 Å². The van der Waals surface area contributed by atoms with Crippen molar-refractivity contribution in [2.75, 3.05) is 13.2 Å². The van der Waals surface area contributed by atoms with Crippen LogP contribution in [0.4, 0.5) is 0 Å². The van der Waals surface area contributed by atoms with Gasteiger partial charge in [-0.15, -0.1) is 0 Å². The predicted octanol–water partition coefficient (Wildman–Crippen LogP) is 3.16. The smallest absolute Gasteiger partial charge is 0.0666 e. The minimum atomic E-state index is -0.193. The van der Waals surface area contributed by atoms with Gasteiger partial charge in [-0.25, -0.2) is 0 Å². The molecule has 1 saturated heterocycles. The number of nitrogens with zero attached hydrogens (tertiary/aromatic N) is 1.